The van der Waals surface area contributed by atoms with Gasteiger partial charge in [-0.3, -0.25) is 4.90 Å². The Bertz CT molecular complexity index is 581. The molecule has 116 valence electrons. The van der Waals surface area contributed by atoms with Crippen LogP contribution in [0.5, 0.6) is 0 Å². The van der Waals surface area contributed by atoms with E-state index in [2.05, 4.69) is 9.62 Å². The Morgan fingerprint density at radius 3 is 2.43 bits per heavy atom. The van der Waals surface area contributed by atoms with Crippen LogP contribution in [0.3, 0.4) is 0 Å². The zero-order valence-electron chi connectivity index (χ0n) is 12.2. The molecule has 1 aromatic rings. The van der Waals surface area contributed by atoms with Gasteiger partial charge in [0.2, 0.25) is 10.0 Å². The highest BCUT2D eigenvalue weighted by Crippen LogP contribution is 2.30. The number of hydrogen-bond donors (Lipinski definition) is 2. The fraction of sp³-hybridized carbons (Fsp3) is 0.600. The fourth-order valence-electron chi connectivity index (χ4n) is 2.94. The van der Waals surface area contributed by atoms with Crippen LogP contribution in [0.25, 0.3) is 0 Å². The van der Waals surface area contributed by atoms with E-state index in [0.717, 1.165) is 30.6 Å². The second kappa shape index (κ2) is 6.04. The normalized spacial score (nSPS) is 23.6. The van der Waals surface area contributed by atoms with E-state index >= 15 is 0 Å². The van der Waals surface area contributed by atoms with Gasteiger partial charge in [-0.2, -0.15) is 0 Å². The highest BCUT2D eigenvalue weighted by Gasteiger charge is 2.35. The Balaban J connectivity index is 1.56. The van der Waals surface area contributed by atoms with Crippen molar-refractivity contribution >= 4 is 10.0 Å². The molecular formula is C15H23N3O2S. The van der Waals surface area contributed by atoms with Gasteiger partial charge in [0.15, 0.2) is 0 Å². The van der Waals surface area contributed by atoms with Crippen molar-refractivity contribution in [2.24, 2.45) is 5.73 Å². The third-order valence-corrected chi connectivity index (χ3v) is 5.65. The van der Waals surface area contributed by atoms with E-state index in [1.807, 2.05) is 24.3 Å². The maximum atomic E-state index is 12.2. The van der Waals surface area contributed by atoms with Crippen LogP contribution in [-0.4, -0.2) is 38.5 Å². The molecule has 1 aliphatic heterocycles. The smallest absolute Gasteiger partial charge is 0.216 e. The summed E-state index contributed by atoms with van der Waals surface area (Å²) < 4.78 is 27.3. The molecule has 2 aliphatic rings. The van der Waals surface area contributed by atoms with Crippen LogP contribution < -0.4 is 10.5 Å². The highest BCUT2D eigenvalue weighted by molar-refractivity contribution is 7.88. The lowest BCUT2D eigenvalue weighted by atomic mass is 10.1. The average molecular weight is 309 g/mol. The maximum Gasteiger partial charge on any atom is 0.216 e. The lowest BCUT2D eigenvalue weighted by molar-refractivity contribution is 0.322. The third kappa shape index (κ3) is 4.03. The average Bonchev–Trinajstić information content (AvgIpc) is 3.20. The number of nitrogens with two attached hydrogens (primary N) is 1. The lowest BCUT2D eigenvalue weighted by Gasteiger charge is -2.16. The van der Waals surface area contributed by atoms with Gasteiger partial charge in [-0.25, -0.2) is 13.1 Å². The minimum absolute atomic E-state index is 0.0395. The number of hydrogen-bond acceptors (Lipinski definition) is 4. The first-order chi connectivity index (χ1) is 10.1. The van der Waals surface area contributed by atoms with Gasteiger partial charge in [0.1, 0.15) is 0 Å². The number of sulfonamides is 1. The molecule has 1 saturated carbocycles. The molecule has 1 aliphatic carbocycles. The van der Waals surface area contributed by atoms with Gasteiger partial charge in [0.05, 0.1) is 5.75 Å². The monoisotopic (exact) mass is 309 g/mol. The van der Waals surface area contributed by atoms with E-state index in [9.17, 15) is 8.42 Å². The zero-order valence-corrected chi connectivity index (χ0v) is 13.0. The van der Waals surface area contributed by atoms with Crippen molar-refractivity contribution in [2.75, 3.05) is 13.1 Å². The van der Waals surface area contributed by atoms with Gasteiger partial charge >= 0.3 is 0 Å². The summed E-state index contributed by atoms with van der Waals surface area (Å²) in [5, 5.41) is 0. The van der Waals surface area contributed by atoms with Gasteiger partial charge in [-0.1, -0.05) is 24.3 Å². The number of nitrogens with one attached hydrogen (secondary N) is 1. The van der Waals surface area contributed by atoms with E-state index in [0.29, 0.717) is 12.6 Å². The van der Waals surface area contributed by atoms with Gasteiger partial charge in [0, 0.05) is 31.7 Å². The lowest BCUT2D eigenvalue weighted by Crippen LogP contribution is -2.38. The summed E-state index contributed by atoms with van der Waals surface area (Å²) in [4.78, 5) is 2.41. The molecule has 0 aromatic heterocycles. The second-order valence-corrected chi connectivity index (χ2v) is 7.86. The van der Waals surface area contributed by atoms with Crippen LogP contribution in [0.4, 0.5) is 0 Å². The van der Waals surface area contributed by atoms with Gasteiger partial charge in [0.25, 0.3) is 0 Å². The standard InChI is InChI=1S/C15H23N3O2S/c16-9-12-1-3-13(4-2-12)11-21(19,20)17-14-7-8-18(10-14)15-5-6-15/h1-4,14-15,17H,5-11,16H2. The highest BCUT2D eigenvalue weighted by atomic mass is 32.2. The molecule has 2 fully saturated rings. The molecule has 1 atom stereocenters. The molecule has 0 spiro atoms. The van der Waals surface area contributed by atoms with Crippen molar-refractivity contribution in [1.29, 1.82) is 0 Å². The van der Waals surface area contributed by atoms with Crippen LogP contribution in [0.15, 0.2) is 24.3 Å². The molecule has 5 nitrogen and oxygen atoms in total. The topological polar surface area (TPSA) is 75.4 Å². The molecule has 0 bridgehead atoms. The van der Waals surface area contributed by atoms with Crippen LogP contribution in [-0.2, 0) is 22.3 Å². The number of benzene rings is 1. The number of nitrogens with zero attached hydrogens (tertiary/aromatic N) is 1. The molecule has 1 heterocycles. The Kier molecular flexibility index (Phi) is 4.31. The molecule has 0 amide bonds. The summed E-state index contributed by atoms with van der Waals surface area (Å²) in [7, 11) is -3.27. The molecule has 1 saturated heterocycles. The second-order valence-electron chi connectivity index (χ2n) is 6.11. The number of rotatable bonds is 6. The molecule has 0 radical (unpaired) electrons. The van der Waals surface area contributed by atoms with Crippen molar-refractivity contribution in [3.8, 4) is 0 Å². The van der Waals surface area contributed by atoms with Crippen molar-refractivity contribution < 1.29 is 8.42 Å². The summed E-state index contributed by atoms with van der Waals surface area (Å²) in [6, 6.07) is 8.23. The Morgan fingerprint density at radius 2 is 1.81 bits per heavy atom. The van der Waals surface area contributed by atoms with Gasteiger partial charge < -0.3 is 5.73 Å². The maximum absolute atomic E-state index is 12.2. The third-order valence-electron chi connectivity index (χ3n) is 4.24. The minimum Gasteiger partial charge on any atom is -0.326 e. The molecule has 6 heteroatoms. The van der Waals surface area contributed by atoms with Crippen LogP contribution in [0.1, 0.15) is 30.4 Å². The predicted molar refractivity (Wildman–Crippen MR) is 83.1 cm³/mol. The Labute approximate surface area is 126 Å². The van der Waals surface area contributed by atoms with Crippen LogP contribution in [0.2, 0.25) is 0 Å². The molecule has 3 N–H and O–H groups in total. The van der Waals surface area contributed by atoms with E-state index in [4.69, 9.17) is 5.73 Å². The summed E-state index contributed by atoms with van der Waals surface area (Å²) in [6.07, 6.45) is 3.46. The van der Waals surface area contributed by atoms with Crippen LogP contribution in [0, 0.1) is 0 Å². The van der Waals surface area contributed by atoms with E-state index in [1.165, 1.54) is 12.8 Å². The fourth-order valence-corrected chi connectivity index (χ4v) is 4.36. The SMILES string of the molecule is NCc1ccc(CS(=O)(=O)NC2CCN(C3CC3)C2)cc1. The first-order valence-corrected chi connectivity index (χ1v) is 9.23. The minimum atomic E-state index is -3.27. The van der Waals surface area contributed by atoms with Gasteiger partial charge in [-0.15, -0.1) is 0 Å². The quantitative estimate of drug-likeness (QED) is 0.815. The van der Waals surface area contributed by atoms with Crippen molar-refractivity contribution in [3.05, 3.63) is 35.4 Å². The first kappa shape index (κ1) is 15.0. The molecule has 21 heavy (non-hydrogen) atoms. The molecule has 1 unspecified atom stereocenters. The zero-order chi connectivity index (χ0) is 14.9. The summed E-state index contributed by atoms with van der Waals surface area (Å²) in [5.74, 6) is 0.0395. The summed E-state index contributed by atoms with van der Waals surface area (Å²) in [6.45, 7) is 2.35. The molecule has 3 rings (SSSR count). The Hall–Kier alpha value is -0.950. The summed E-state index contributed by atoms with van der Waals surface area (Å²) in [5.41, 5.74) is 7.36. The van der Waals surface area contributed by atoms with E-state index < -0.39 is 10.0 Å². The van der Waals surface area contributed by atoms with Gasteiger partial charge in [-0.05, 0) is 30.4 Å². The van der Waals surface area contributed by atoms with Crippen LogP contribution >= 0.6 is 0 Å². The molecular weight excluding hydrogens is 286 g/mol. The van der Waals surface area contributed by atoms with E-state index in [-0.39, 0.29) is 11.8 Å². The Morgan fingerprint density at radius 1 is 1.14 bits per heavy atom. The molecule has 1 aromatic carbocycles. The van der Waals surface area contributed by atoms with E-state index in [1.54, 1.807) is 0 Å². The summed E-state index contributed by atoms with van der Waals surface area (Å²) >= 11 is 0. The van der Waals surface area contributed by atoms with Crippen molar-refractivity contribution in [1.82, 2.24) is 9.62 Å². The first-order valence-electron chi connectivity index (χ1n) is 7.58. The predicted octanol–water partition coefficient (Wildman–Crippen LogP) is 0.801. The number of likely N-dealkylation sites (tertiary alicyclic amines) is 1. The van der Waals surface area contributed by atoms with Crippen molar-refractivity contribution in [2.45, 2.75) is 43.6 Å². The largest absolute Gasteiger partial charge is 0.326 e. The van der Waals surface area contributed by atoms with Crippen molar-refractivity contribution in [3.63, 3.8) is 0 Å².